The highest BCUT2D eigenvalue weighted by Gasteiger charge is 2.36. The summed E-state index contributed by atoms with van der Waals surface area (Å²) in [6.07, 6.45) is -2.63. The number of fused-ring (bicyclic) bond motifs is 3. The Labute approximate surface area is 149 Å². The number of hydrogen-bond donors (Lipinski definition) is 1. The van der Waals surface area contributed by atoms with Crippen molar-refractivity contribution in [3.63, 3.8) is 0 Å². The number of hydrogen-bond acceptors (Lipinski definition) is 3. The molecule has 4 nitrogen and oxygen atoms in total. The number of nitrogens with zero attached hydrogens (tertiary/aromatic N) is 3. The number of phenolic OH excluding ortho intramolecular Hbond substituents is 1. The Kier molecular flexibility index (Phi) is 5.09. The Morgan fingerprint density at radius 2 is 1.85 bits per heavy atom. The molecular formula is C19H22F3N3O. The summed E-state index contributed by atoms with van der Waals surface area (Å²) in [5, 5.41) is 11.0. The Morgan fingerprint density at radius 3 is 2.50 bits per heavy atom. The molecule has 140 valence electrons. The molecule has 3 rings (SSSR count). The predicted octanol–water partition coefficient (Wildman–Crippen LogP) is 4.65. The molecule has 0 aliphatic rings. The summed E-state index contributed by atoms with van der Waals surface area (Å²) in [7, 11) is 0. The van der Waals surface area contributed by atoms with Gasteiger partial charge in [-0.05, 0) is 44.3 Å². The number of pyridine rings is 1. The van der Waals surface area contributed by atoms with Gasteiger partial charge in [0.2, 0.25) is 0 Å². The fourth-order valence-corrected chi connectivity index (χ4v) is 3.47. The van der Waals surface area contributed by atoms with Crippen LogP contribution >= 0.6 is 0 Å². The molecule has 3 aromatic rings. The van der Waals surface area contributed by atoms with E-state index >= 15 is 0 Å². The molecule has 0 aliphatic heterocycles. The minimum Gasteiger partial charge on any atom is -0.508 e. The number of benzene rings is 1. The van der Waals surface area contributed by atoms with Crippen molar-refractivity contribution in [2.24, 2.45) is 0 Å². The third-order valence-corrected chi connectivity index (χ3v) is 4.78. The number of rotatable bonds is 6. The van der Waals surface area contributed by atoms with Crippen LogP contribution in [0.1, 0.15) is 26.0 Å². The topological polar surface area (TPSA) is 41.3 Å². The molecule has 0 radical (unpaired) electrons. The van der Waals surface area contributed by atoms with Crippen LogP contribution in [0.5, 0.6) is 5.75 Å². The summed E-state index contributed by atoms with van der Waals surface area (Å²) in [5.41, 5.74) is -0.202. The third kappa shape index (κ3) is 3.35. The van der Waals surface area contributed by atoms with Crippen LogP contribution < -0.4 is 0 Å². The van der Waals surface area contributed by atoms with Crippen molar-refractivity contribution in [3.05, 3.63) is 36.2 Å². The molecule has 0 atom stereocenters. The van der Waals surface area contributed by atoms with E-state index in [1.165, 1.54) is 18.3 Å². The van der Waals surface area contributed by atoms with Crippen LogP contribution in [0.3, 0.4) is 0 Å². The van der Waals surface area contributed by atoms with Crippen LogP contribution in [0.4, 0.5) is 13.2 Å². The van der Waals surface area contributed by atoms with Gasteiger partial charge >= 0.3 is 6.18 Å². The van der Waals surface area contributed by atoms with Crippen LogP contribution in [-0.4, -0.2) is 39.2 Å². The molecule has 0 bridgehead atoms. The summed E-state index contributed by atoms with van der Waals surface area (Å²) >= 11 is 0. The van der Waals surface area contributed by atoms with E-state index < -0.39 is 11.9 Å². The number of aromatic hydroxyl groups is 1. The minimum absolute atomic E-state index is 0.0341. The molecular weight excluding hydrogens is 343 g/mol. The van der Waals surface area contributed by atoms with E-state index in [9.17, 15) is 18.3 Å². The molecule has 0 saturated heterocycles. The normalized spacial score (nSPS) is 12.5. The summed E-state index contributed by atoms with van der Waals surface area (Å²) in [4.78, 5) is 5.84. The van der Waals surface area contributed by atoms with Gasteiger partial charge in [-0.15, -0.1) is 0 Å². The molecule has 0 amide bonds. The highest BCUT2D eigenvalue weighted by atomic mass is 19.4. The molecule has 1 N–H and O–H groups in total. The second-order valence-corrected chi connectivity index (χ2v) is 6.29. The third-order valence-electron chi connectivity index (χ3n) is 4.78. The summed E-state index contributed by atoms with van der Waals surface area (Å²) in [6, 6.07) is 6.28. The number of aromatic nitrogens is 2. The summed E-state index contributed by atoms with van der Waals surface area (Å²) < 4.78 is 42.2. The number of phenols is 1. The first-order valence-electron chi connectivity index (χ1n) is 8.76. The number of aryl methyl sites for hydroxylation is 1. The first-order valence-corrected chi connectivity index (χ1v) is 8.76. The smallest absolute Gasteiger partial charge is 0.435 e. The van der Waals surface area contributed by atoms with Gasteiger partial charge in [0.15, 0.2) is 5.69 Å². The molecule has 0 aliphatic carbocycles. The maximum absolute atomic E-state index is 13.5. The SMILES string of the molecule is CCN(CC)CCCn1c2cc(O)ccc2c2ccnc(C(F)(F)F)c21. The average molecular weight is 365 g/mol. The molecule has 0 saturated carbocycles. The average Bonchev–Trinajstić information content (AvgIpc) is 2.91. The summed E-state index contributed by atoms with van der Waals surface area (Å²) in [5.74, 6) is 0.0341. The zero-order valence-corrected chi connectivity index (χ0v) is 14.8. The van der Waals surface area contributed by atoms with Gasteiger partial charge in [-0.1, -0.05) is 13.8 Å². The highest BCUT2D eigenvalue weighted by Crippen LogP contribution is 2.38. The second kappa shape index (κ2) is 7.15. The molecule has 26 heavy (non-hydrogen) atoms. The van der Waals surface area contributed by atoms with E-state index in [0.717, 1.165) is 19.6 Å². The van der Waals surface area contributed by atoms with Crippen molar-refractivity contribution in [1.29, 1.82) is 0 Å². The van der Waals surface area contributed by atoms with Crippen molar-refractivity contribution in [2.75, 3.05) is 19.6 Å². The van der Waals surface area contributed by atoms with Gasteiger partial charge in [-0.3, -0.25) is 0 Å². The molecule has 1 aromatic carbocycles. The largest absolute Gasteiger partial charge is 0.508 e. The fourth-order valence-electron chi connectivity index (χ4n) is 3.47. The standard InChI is InChI=1S/C19H22F3N3O/c1-3-24(4-2)10-5-11-25-16-12-13(26)6-7-14(16)15-8-9-23-18(17(15)25)19(20,21)22/h6-9,12,26H,3-5,10-11H2,1-2H3. The van der Waals surface area contributed by atoms with Gasteiger partial charge in [0, 0.05) is 29.6 Å². The lowest BCUT2D eigenvalue weighted by molar-refractivity contribution is -0.140. The van der Waals surface area contributed by atoms with Crippen molar-refractivity contribution in [2.45, 2.75) is 33.0 Å². The highest BCUT2D eigenvalue weighted by molar-refractivity contribution is 6.09. The molecule has 0 unspecified atom stereocenters. The minimum atomic E-state index is -4.54. The molecule has 2 aromatic heterocycles. The lowest BCUT2D eigenvalue weighted by Gasteiger charge is -2.18. The van der Waals surface area contributed by atoms with Gasteiger partial charge in [-0.25, -0.2) is 4.98 Å². The van der Waals surface area contributed by atoms with E-state index in [1.807, 2.05) is 0 Å². The van der Waals surface area contributed by atoms with Gasteiger partial charge in [0.1, 0.15) is 5.75 Å². The van der Waals surface area contributed by atoms with Gasteiger partial charge in [0.25, 0.3) is 0 Å². The molecule has 2 heterocycles. The Hall–Kier alpha value is -2.28. The van der Waals surface area contributed by atoms with Crippen molar-refractivity contribution < 1.29 is 18.3 Å². The number of alkyl halides is 3. The van der Waals surface area contributed by atoms with E-state index in [4.69, 9.17) is 0 Å². The van der Waals surface area contributed by atoms with E-state index in [1.54, 1.807) is 16.7 Å². The van der Waals surface area contributed by atoms with E-state index in [0.29, 0.717) is 29.3 Å². The van der Waals surface area contributed by atoms with Gasteiger partial charge < -0.3 is 14.6 Å². The van der Waals surface area contributed by atoms with Crippen molar-refractivity contribution >= 4 is 21.8 Å². The second-order valence-electron chi connectivity index (χ2n) is 6.29. The Bertz CT molecular complexity index is 914. The number of halogens is 3. The first-order chi connectivity index (χ1) is 12.4. The Morgan fingerprint density at radius 1 is 1.12 bits per heavy atom. The first kappa shape index (κ1) is 18.5. The van der Waals surface area contributed by atoms with Crippen molar-refractivity contribution in [1.82, 2.24) is 14.5 Å². The van der Waals surface area contributed by atoms with Gasteiger partial charge in [-0.2, -0.15) is 13.2 Å². The maximum atomic E-state index is 13.5. The van der Waals surface area contributed by atoms with E-state index in [2.05, 4.69) is 23.7 Å². The van der Waals surface area contributed by atoms with Crippen LogP contribution in [0.2, 0.25) is 0 Å². The monoisotopic (exact) mass is 365 g/mol. The zero-order valence-electron chi connectivity index (χ0n) is 14.8. The van der Waals surface area contributed by atoms with Crippen LogP contribution in [-0.2, 0) is 12.7 Å². The lowest BCUT2D eigenvalue weighted by Crippen LogP contribution is -2.25. The Balaban J connectivity index is 2.15. The van der Waals surface area contributed by atoms with Crippen LogP contribution in [0.25, 0.3) is 21.8 Å². The van der Waals surface area contributed by atoms with Gasteiger partial charge in [0.05, 0.1) is 11.0 Å². The maximum Gasteiger partial charge on any atom is 0.435 e. The van der Waals surface area contributed by atoms with Crippen LogP contribution in [0, 0.1) is 0 Å². The molecule has 0 fully saturated rings. The molecule has 0 spiro atoms. The zero-order chi connectivity index (χ0) is 18.9. The predicted molar refractivity (Wildman–Crippen MR) is 96.3 cm³/mol. The fraction of sp³-hybridized carbons (Fsp3) is 0.421. The van der Waals surface area contributed by atoms with Crippen molar-refractivity contribution in [3.8, 4) is 5.75 Å². The van der Waals surface area contributed by atoms with E-state index in [-0.39, 0.29) is 11.3 Å². The quantitative estimate of drug-likeness (QED) is 0.692. The molecule has 7 heteroatoms. The summed E-state index contributed by atoms with van der Waals surface area (Å²) in [6.45, 7) is 7.16. The lowest BCUT2D eigenvalue weighted by atomic mass is 10.1. The van der Waals surface area contributed by atoms with Crippen LogP contribution in [0.15, 0.2) is 30.5 Å².